The molecule has 20 heavy (non-hydrogen) atoms. The van der Waals surface area contributed by atoms with E-state index in [0.717, 1.165) is 31.6 Å². The smallest absolute Gasteiger partial charge is 0.296 e. The van der Waals surface area contributed by atoms with Gasteiger partial charge in [-0.15, -0.1) is 0 Å². The average Bonchev–Trinajstić information content (AvgIpc) is 2.74. The summed E-state index contributed by atoms with van der Waals surface area (Å²) in [5.41, 5.74) is 2.21. The first-order valence-electron chi connectivity index (χ1n) is 6.97. The molecule has 0 atom stereocenters. The maximum Gasteiger partial charge on any atom is 0.296 e. The summed E-state index contributed by atoms with van der Waals surface area (Å²) in [6.45, 7) is 2.01. The van der Waals surface area contributed by atoms with E-state index < -0.39 is 11.7 Å². The minimum absolute atomic E-state index is 0.433. The lowest BCUT2D eigenvalue weighted by atomic mass is 10.0. The Hall–Kier alpha value is -1.88. The van der Waals surface area contributed by atoms with Crippen molar-refractivity contribution in [3.8, 4) is 0 Å². The number of rotatable bonds is 2. The highest BCUT2D eigenvalue weighted by molar-refractivity contribution is 6.51. The Bertz CT molecular complexity index is 560. The molecule has 0 aliphatic carbocycles. The van der Waals surface area contributed by atoms with Crippen molar-refractivity contribution in [2.75, 3.05) is 37.4 Å². The topological polar surface area (TPSA) is 52.6 Å². The number of hydrogen-bond donors (Lipinski definition) is 1. The molecule has 3 rings (SSSR count). The maximum atomic E-state index is 11.6. The normalized spacial score (nSPS) is 19.4. The molecule has 0 unspecified atom stereocenters. The number of anilines is 2. The van der Waals surface area contributed by atoms with Gasteiger partial charge in [-0.05, 0) is 45.1 Å². The minimum atomic E-state index is -0.525. The van der Waals surface area contributed by atoms with Crippen LogP contribution in [0.2, 0.25) is 0 Å². The van der Waals surface area contributed by atoms with Crippen molar-refractivity contribution in [1.82, 2.24) is 4.90 Å². The molecule has 1 amide bonds. The number of Topliss-reactive ketones (excluding diaryl/α,β-unsaturated/α-hetero) is 1. The molecule has 1 fully saturated rings. The van der Waals surface area contributed by atoms with Crippen LogP contribution in [0.4, 0.5) is 11.4 Å². The predicted octanol–water partition coefficient (Wildman–Crippen LogP) is 1.35. The van der Waals surface area contributed by atoms with Crippen LogP contribution >= 0.6 is 0 Å². The highest BCUT2D eigenvalue weighted by Crippen LogP contribution is 2.30. The van der Waals surface area contributed by atoms with Crippen LogP contribution in [0, 0.1) is 0 Å². The zero-order valence-electron chi connectivity index (χ0n) is 11.8. The number of piperidine rings is 1. The minimum Gasteiger partial charge on any atom is -0.371 e. The number of carbonyl (C=O) groups excluding carboxylic acids is 2. The van der Waals surface area contributed by atoms with Gasteiger partial charge in [0.05, 0.1) is 11.3 Å². The fraction of sp³-hybridized carbons (Fsp3) is 0.467. The number of ketones is 1. The molecule has 0 aromatic heterocycles. The van der Waals surface area contributed by atoms with Crippen LogP contribution in [-0.4, -0.2) is 49.8 Å². The fourth-order valence-corrected chi connectivity index (χ4v) is 2.97. The summed E-state index contributed by atoms with van der Waals surface area (Å²) in [7, 11) is 4.24. The highest BCUT2D eigenvalue weighted by Gasteiger charge is 2.29. The number of amides is 1. The second-order valence-corrected chi connectivity index (χ2v) is 5.69. The third kappa shape index (κ3) is 2.18. The molecule has 106 valence electrons. The molecule has 0 saturated carbocycles. The summed E-state index contributed by atoms with van der Waals surface area (Å²) in [5.74, 6) is -0.957. The number of nitrogens with one attached hydrogen (secondary N) is 1. The molecule has 0 spiro atoms. The van der Waals surface area contributed by atoms with Gasteiger partial charge in [0.1, 0.15) is 0 Å². The van der Waals surface area contributed by atoms with Gasteiger partial charge in [-0.3, -0.25) is 9.59 Å². The third-order valence-electron chi connectivity index (χ3n) is 4.26. The molecule has 1 aromatic carbocycles. The first-order valence-corrected chi connectivity index (χ1v) is 6.97. The van der Waals surface area contributed by atoms with Crippen molar-refractivity contribution in [2.45, 2.75) is 18.9 Å². The fourth-order valence-electron chi connectivity index (χ4n) is 2.97. The van der Waals surface area contributed by atoms with Crippen molar-refractivity contribution < 1.29 is 9.59 Å². The Labute approximate surface area is 118 Å². The van der Waals surface area contributed by atoms with Gasteiger partial charge in [-0.2, -0.15) is 0 Å². The molecule has 1 saturated heterocycles. The van der Waals surface area contributed by atoms with E-state index in [9.17, 15) is 9.59 Å². The van der Waals surface area contributed by atoms with Crippen LogP contribution in [0.1, 0.15) is 23.2 Å². The predicted molar refractivity (Wildman–Crippen MR) is 78.3 cm³/mol. The average molecular weight is 273 g/mol. The molecule has 5 heteroatoms. The lowest BCUT2D eigenvalue weighted by Crippen LogP contribution is -2.41. The van der Waals surface area contributed by atoms with Crippen LogP contribution < -0.4 is 10.2 Å². The largest absolute Gasteiger partial charge is 0.371 e. The molecule has 0 bridgehead atoms. The monoisotopic (exact) mass is 273 g/mol. The third-order valence-corrected chi connectivity index (χ3v) is 4.26. The maximum absolute atomic E-state index is 11.6. The van der Waals surface area contributed by atoms with Gasteiger partial charge >= 0.3 is 0 Å². The first-order chi connectivity index (χ1) is 9.56. The van der Waals surface area contributed by atoms with E-state index in [-0.39, 0.29) is 0 Å². The Balaban J connectivity index is 1.76. The Morgan fingerprint density at radius 2 is 1.90 bits per heavy atom. The van der Waals surface area contributed by atoms with Crippen molar-refractivity contribution in [1.29, 1.82) is 0 Å². The molecule has 2 aliphatic rings. The van der Waals surface area contributed by atoms with Crippen LogP contribution in [0.5, 0.6) is 0 Å². The lowest BCUT2D eigenvalue weighted by Gasteiger charge is -2.36. The summed E-state index contributed by atoms with van der Waals surface area (Å²) >= 11 is 0. The van der Waals surface area contributed by atoms with E-state index in [1.807, 2.05) is 12.1 Å². The number of carbonyl (C=O) groups is 2. The van der Waals surface area contributed by atoms with E-state index in [2.05, 4.69) is 29.2 Å². The number of benzene rings is 1. The Morgan fingerprint density at radius 3 is 2.55 bits per heavy atom. The van der Waals surface area contributed by atoms with Gasteiger partial charge in [-0.25, -0.2) is 0 Å². The Kier molecular flexibility index (Phi) is 3.22. The van der Waals surface area contributed by atoms with Crippen molar-refractivity contribution in [2.24, 2.45) is 0 Å². The van der Waals surface area contributed by atoms with Gasteiger partial charge in [0.2, 0.25) is 0 Å². The number of hydrogen-bond acceptors (Lipinski definition) is 4. The Morgan fingerprint density at radius 1 is 1.20 bits per heavy atom. The SMILES string of the molecule is CN(C)C1CCN(c2ccc3c(c2)NC(=O)C3=O)CC1. The highest BCUT2D eigenvalue weighted by atomic mass is 16.2. The van der Waals surface area contributed by atoms with Gasteiger partial charge < -0.3 is 15.1 Å². The summed E-state index contributed by atoms with van der Waals surface area (Å²) in [6, 6.07) is 6.24. The van der Waals surface area contributed by atoms with Crippen LogP contribution in [0.15, 0.2) is 18.2 Å². The van der Waals surface area contributed by atoms with Gasteiger partial charge in [0.15, 0.2) is 0 Å². The molecule has 0 radical (unpaired) electrons. The van der Waals surface area contributed by atoms with Gasteiger partial charge in [0.25, 0.3) is 11.7 Å². The van der Waals surface area contributed by atoms with E-state index in [1.165, 1.54) is 0 Å². The van der Waals surface area contributed by atoms with Crippen LogP contribution in [0.25, 0.3) is 0 Å². The van der Waals surface area contributed by atoms with Crippen molar-refractivity contribution >= 4 is 23.1 Å². The second-order valence-electron chi connectivity index (χ2n) is 5.69. The molecule has 1 aromatic rings. The van der Waals surface area contributed by atoms with Gasteiger partial charge in [0, 0.05) is 24.8 Å². The summed E-state index contributed by atoms with van der Waals surface area (Å²) in [6.07, 6.45) is 2.27. The second kappa shape index (κ2) is 4.90. The molecule has 2 aliphatic heterocycles. The van der Waals surface area contributed by atoms with Crippen LogP contribution in [-0.2, 0) is 4.79 Å². The van der Waals surface area contributed by atoms with E-state index in [4.69, 9.17) is 0 Å². The zero-order valence-corrected chi connectivity index (χ0v) is 11.8. The van der Waals surface area contributed by atoms with E-state index in [0.29, 0.717) is 17.3 Å². The lowest BCUT2D eigenvalue weighted by molar-refractivity contribution is -0.112. The summed E-state index contributed by atoms with van der Waals surface area (Å²) in [4.78, 5) is 27.5. The quantitative estimate of drug-likeness (QED) is 0.827. The summed E-state index contributed by atoms with van der Waals surface area (Å²) < 4.78 is 0. The van der Waals surface area contributed by atoms with Crippen LogP contribution in [0.3, 0.4) is 0 Å². The molecular formula is C15H19N3O2. The number of fused-ring (bicyclic) bond motifs is 1. The molecule has 5 nitrogen and oxygen atoms in total. The summed E-state index contributed by atoms with van der Waals surface area (Å²) in [5, 5.41) is 2.63. The molecule has 1 N–H and O–H groups in total. The first kappa shape index (κ1) is 13.1. The van der Waals surface area contributed by atoms with E-state index in [1.54, 1.807) is 6.07 Å². The van der Waals surface area contributed by atoms with E-state index >= 15 is 0 Å². The molecule has 2 heterocycles. The zero-order chi connectivity index (χ0) is 14.3. The van der Waals surface area contributed by atoms with Gasteiger partial charge in [-0.1, -0.05) is 0 Å². The van der Waals surface area contributed by atoms with Crippen molar-refractivity contribution in [3.05, 3.63) is 23.8 Å². The number of nitrogens with zero attached hydrogens (tertiary/aromatic N) is 2. The molecular weight excluding hydrogens is 254 g/mol. The van der Waals surface area contributed by atoms with Crippen molar-refractivity contribution in [3.63, 3.8) is 0 Å². The standard InChI is InChI=1S/C15H19N3O2/c1-17(2)10-5-7-18(8-6-10)11-3-4-12-13(9-11)16-15(20)14(12)19/h3-4,9-10H,5-8H2,1-2H3,(H,16,19,20).